The molecular weight excluding hydrogens is 439 g/mol. The molecule has 2 amide bonds. The number of ether oxygens (including phenoxy) is 2. The van der Waals surface area contributed by atoms with Gasteiger partial charge >= 0.3 is 6.09 Å². The fourth-order valence-corrected chi connectivity index (χ4v) is 3.99. The summed E-state index contributed by atoms with van der Waals surface area (Å²) in [5, 5.41) is 3.65. The first-order chi connectivity index (χ1) is 16.1. The Labute approximate surface area is 197 Å². The third-order valence-corrected chi connectivity index (χ3v) is 5.53. The molecule has 0 bridgehead atoms. The second kappa shape index (κ2) is 9.37. The molecule has 4 rings (SSSR count). The molecule has 3 aromatic rings. The van der Waals surface area contributed by atoms with E-state index in [9.17, 15) is 14.0 Å². The van der Waals surface area contributed by atoms with Gasteiger partial charge in [0.2, 0.25) is 0 Å². The average molecular weight is 469 g/mol. The number of hydrogen-bond acceptors (Lipinski definition) is 5. The van der Waals surface area contributed by atoms with Crippen LogP contribution in [0.15, 0.2) is 46.9 Å². The van der Waals surface area contributed by atoms with Crippen LogP contribution < -0.4 is 10.1 Å². The highest BCUT2D eigenvalue weighted by Crippen LogP contribution is 2.30. The van der Waals surface area contributed by atoms with E-state index in [2.05, 4.69) is 5.32 Å². The van der Waals surface area contributed by atoms with E-state index < -0.39 is 5.60 Å². The first-order valence-electron chi connectivity index (χ1n) is 11.3. The van der Waals surface area contributed by atoms with Crippen molar-refractivity contribution in [2.45, 2.75) is 52.4 Å². The summed E-state index contributed by atoms with van der Waals surface area (Å²) >= 11 is 0. The maximum Gasteiger partial charge on any atom is 0.410 e. The van der Waals surface area contributed by atoms with Gasteiger partial charge in [0.15, 0.2) is 0 Å². The summed E-state index contributed by atoms with van der Waals surface area (Å²) in [6.07, 6.45) is 0.260. The number of likely N-dealkylation sites (tertiary alicyclic amines) is 1. The number of carbonyl (C=O) groups excluding carboxylic acids is 2. The Bertz CT molecular complexity index is 1210. The Morgan fingerprint density at radius 3 is 2.74 bits per heavy atom. The molecule has 1 saturated heterocycles. The van der Waals surface area contributed by atoms with Crippen molar-refractivity contribution in [3.05, 3.63) is 65.2 Å². The van der Waals surface area contributed by atoms with E-state index in [-0.39, 0.29) is 30.5 Å². The molecule has 0 saturated carbocycles. The van der Waals surface area contributed by atoms with Gasteiger partial charge in [-0.05, 0) is 70.0 Å². The average Bonchev–Trinajstić information content (AvgIpc) is 3.34. The van der Waals surface area contributed by atoms with Gasteiger partial charge in [0.25, 0.3) is 5.91 Å². The fraction of sp³-hybridized carbons (Fsp3) is 0.385. The van der Waals surface area contributed by atoms with E-state index in [1.54, 1.807) is 42.2 Å². The van der Waals surface area contributed by atoms with Gasteiger partial charge in [0.1, 0.15) is 35.1 Å². The van der Waals surface area contributed by atoms with Crippen LogP contribution >= 0.6 is 0 Å². The van der Waals surface area contributed by atoms with Gasteiger partial charge in [-0.25, -0.2) is 9.18 Å². The highest BCUT2D eigenvalue weighted by molar-refractivity contribution is 6.07. The number of rotatable bonds is 5. The first kappa shape index (κ1) is 23.6. The van der Waals surface area contributed by atoms with Crippen molar-refractivity contribution in [3.8, 4) is 5.75 Å². The molecule has 1 N–H and O–H groups in total. The highest BCUT2D eigenvalue weighted by Gasteiger charge is 2.31. The van der Waals surface area contributed by atoms with Crippen LogP contribution in [0.1, 0.15) is 48.9 Å². The Hall–Kier alpha value is -3.55. The zero-order chi connectivity index (χ0) is 24.5. The summed E-state index contributed by atoms with van der Waals surface area (Å²) in [6, 6.07) is 11.3. The number of halogens is 1. The molecule has 34 heavy (non-hydrogen) atoms. The van der Waals surface area contributed by atoms with Gasteiger partial charge in [-0.3, -0.25) is 4.79 Å². The number of benzene rings is 2. The van der Waals surface area contributed by atoms with Crippen LogP contribution in [0, 0.1) is 12.7 Å². The molecule has 0 aliphatic carbocycles. The maximum absolute atomic E-state index is 13.4. The number of nitrogens with one attached hydrogen (secondary N) is 1. The molecule has 1 aliphatic rings. The lowest BCUT2D eigenvalue weighted by molar-refractivity contribution is 0.0290. The Morgan fingerprint density at radius 1 is 1.21 bits per heavy atom. The molecule has 1 aromatic heterocycles. The molecular formula is C26H29FN2O5. The number of nitrogens with zero attached hydrogens (tertiary/aromatic N) is 1. The normalized spacial score (nSPS) is 16.0. The molecule has 1 aliphatic heterocycles. The molecule has 8 heteroatoms. The molecule has 0 spiro atoms. The molecule has 1 atom stereocenters. The predicted molar refractivity (Wildman–Crippen MR) is 125 cm³/mol. The molecule has 0 radical (unpaired) electrons. The maximum atomic E-state index is 13.4. The number of amides is 2. The summed E-state index contributed by atoms with van der Waals surface area (Å²) in [7, 11) is 0. The standard InChI is InChI=1S/C26H29FN2O5/c1-16-23(24(30)28-19-10-11-29(14-19)25(31)34-26(2,3)4)21-13-20(8-9-22(21)33-16)32-15-17-6-5-7-18(27)12-17/h5-9,12-13,19H,10-11,14-15H2,1-4H3,(H,28,30)/t19-/m1/s1. The third kappa shape index (κ3) is 5.50. The van der Waals surface area contributed by atoms with Crippen LogP contribution in [0.2, 0.25) is 0 Å². The minimum Gasteiger partial charge on any atom is -0.489 e. The smallest absolute Gasteiger partial charge is 0.410 e. The van der Waals surface area contributed by atoms with Crippen molar-refractivity contribution < 1.29 is 27.9 Å². The van der Waals surface area contributed by atoms with Crippen LogP contribution in [0.3, 0.4) is 0 Å². The largest absolute Gasteiger partial charge is 0.489 e. The van der Waals surface area contributed by atoms with Gasteiger partial charge in [-0.1, -0.05) is 12.1 Å². The van der Waals surface area contributed by atoms with Crippen molar-refractivity contribution in [2.24, 2.45) is 0 Å². The van der Waals surface area contributed by atoms with Crippen molar-refractivity contribution in [2.75, 3.05) is 13.1 Å². The fourth-order valence-electron chi connectivity index (χ4n) is 3.99. The Morgan fingerprint density at radius 2 is 2.00 bits per heavy atom. The van der Waals surface area contributed by atoms with Gasteiger partial charge < -0.3 is 24.1 Å². The number of hydrogen-bond donors (Lipinski definition) is 1. The third-order valence-electron chi connectivity index (χ3n) is 5.53. The molecule has 1 fully saturated rings. The van der Waals surface area contributed by atoms with E-state index in [4.69, 9.17) is 13.9 Å². The topological polar surface area (TPSA) is 81.0 Å². The number of aryl methyl sites for hydroxylation is 1. The van der Waals surface area contributed by atoms with E-state index in [1.807, 2.05) is 20.8 Å². The van der Waals surface area contributed by atoms with Crippen molar-refractivity contribution in [1.82, 2.24) is 10.2 Å². The number of furan rings is 1. The summed E-state index contributed by atoms with van der Waals surface area (Å²) in [4.78, 5) is 27.1. The molecule has 2 aromatic carbocycles. The molecule has 2 heterocycles. The minimum atomic E-state index is -0.570. The zero-order valence-corrected chi connectivity index (χ0v) is 19.8. The molecule has 180 valence electrons. The van der Waals surface area contributed by atoms with Crippen LogP contribution in [0.4, 0.5) is 9.18 Å². The second-order valence-electron chi connectivity index (χ2n) is 9.50. The molecule has 0 unspecified atom stereocenters. The van der Waals surface area contributed by atoms with Gasteiger partial charge in [-0.15, -0.1) is 0 Å². The summed E-state index contributed by atoms with van der Waals surface area (Å²) < 4.78 is 30.4. The van der Waals surface area contributed by atoms with E-state index >= 15 is 0 Å². The van der Waals surface area contributed by atoms with Crippen LogP contribution in [-0.4, -0.2) is 41.6 Å². The number of carbonyl (C=O) groups is 2. The Balaban J connectivity index is 1.44. The number of fused-ring (bicyclic) bond motifs is 1. The van der Waals surface area contributed by atoms with E-state index in [1.165, 1.54) is 12.1 Å². The SMILES string of the molecule is Cc1oc2ccc(OCc3cccc(F)c3)cc2c1C(=O)N[C@@H]1CCN(C(=O)OC(C)(C)C)C1. The van der Waals surface area contributed by atoms with Gasteiger partial charge in [-0.2, -0.15) is 0 Å². The van der Waals surface area contributed by atoms with E-state index in [0.29, 0.717) is 53.1 Å². The summed E-state index contributed by atoms with van der Waals surface area (Å²) in [5.41, 5.74) is 1.14. The Kier molecular flexibility index (Phi) is 6.50. The highest BCUT2D eigenvalue weighted by atomic mass is 19.1. The quantitative estimate of drug-likeness (QED) is 0.557. The van der Waals surface area contributed by atoms with Crippen molar-refractivity contribution >= 4 is 23.0 Å². The van der Waals surface area contributed by atoms with Gasteiger partial charge in [0.05, 0.1) is 5.56 Å². The minimum absolute atomic E-state index is 0.184. The lowest BCUT2D eigenvalue weighted by Gasteiger charge is -2.24. The van der Waals surface area contributed by atoms with Crippen LogP contribution in [-0.2, 0) is 11.3 Å². The van der Waals surface area contributed by atoms with Crippen molar-refractivity contribution in [3.63, 3.8) is 0 Å². The van der Waals surface area contributed by atoms with Crippen molar-refractivity contribution in [1.29, 1.82) is 0 Å². The lowest BCUT2D eigenvalue weighted by atomic mass is 10.1. The monoisotopic (exact) mass is 468 g/mol. The zero-order valence-electron chi connectivity index (χ0n) is 19.8. The lowest BCUT2D eigenvalue weighted by Crippen LogP contribution is -2.40. The van der Waals surface area contributed by atoms with E-state index in [0.717, 1.165) is 0 Å². The van der Waals surface area contributed by atoms with Crippen LogP contribution in [0.25, 0.3) is 11.0 Å². The molecule has 7 nitrogen and oxygen atoms in total. The second-order valence-corrected chi connectivity index (χ2v) is 9.50. The summed E-state index contributed by atoms with van der Waals surface area (Å²) in [5.74, 6) is 0.452. The first-order valence-corrected chi connectivity index (χ1v) is 11.3. The van der Waals surface area contributed by atoms with Crippen LogP contribution in [0.5, 0.6) is 5.75 Å². The summed E-state index contributed by atoms with van der Waals surface area (Å²) in [6.45, 7) is 8.31. The van der Waals surface area contributed by atoms with Gasteiger partial charge in [0, 0.05) is 24.5 Å². The predicted octanol–water partition coefficient (Wildman–Crippen LogP) is 5.20.